The van der Waals surface area contributed by atoms with Crippen molar-refractivity contribution in [3.05, 3.63) is 83.6 Å². The minimum atomic E-state index is -0.301. The van der Waals surface area contributed by atoms with Crippen LogP contribution in [0, 0.1) is 6.92 Å². The number of esters is 1. The maximum atomic E-state index is 12.5. The van der Waals surface area contributed by atoms with Crippen LogP contribution in [0.25, 0.3) is 16.4 Å². The molecular weight excluding hydrogens is 338 g/mol. The first-order valence-electron chi connectivity index (χ1n) is 9.05. The summed E-state index contributed by atoms with van der Waals surface area (Å²) < 4.78 is 13.2. The predicted molar refractivity (Wildman–Crippen MR) is 106 cm³/mol. The smallest absolute Gasteiger partial charge is 0.340 e. The fraction of sp³-hybridized carbons (Fsp3) is 0.174. The maximum Gasteiger partial charge on any atom is 0.340 e. The second-order valence-electron chi connectivity index (χ2n) is 6.51. The molecule has 4 heteroatoms. The molecule has 27 heavy (non-hydrogen) atoms. The highest BCUT2D eigenvalue weighted by molar-refractivity contribution is 6.11. The number of hydrogen-bond donors (Lipinski definition) is 0. The standard InChI is InChI=1S/C23H21NO3/c1-3-26-23(25)22-19-6-4-5-7-20(19)24-14-18(12-13-21(22)24)27-15-17-10-8-16(2)9-11-17/h4-14H,3,15H2,1-2H3. The van der Waals surface area contributed by atoms with Gasteiger partial charge in [0.05, 0.1) is 29.4 Å². The van der Waals surface area contributed by atoms with Crippen LogP contribution < -0.4 is 4.74 Å². The summed E-state index contributed by atoms with van der Waals surface area (Å²) in [6, 6.07) is 19.9. The van der Waals surface area contributed by atoms with Gasteiger partial charge in [0.25, 0.3) is 0 Å². The molecule has 0 unspecified atom stereocenters. The Morgan fingerprint density at radius 2 is 1.74 bits per heavy atom. The first-order valence-corrected chi connectivity index (χ1v) is 9.05. The largest absolute Gasteiger partial charge is 0.487 e. The lowest BCUT2D eigenvalue weighted by Crippen LogP contribution is -2.04. The molecule has 0 bridgehead atoms. The third-order valence-corrected chi connectivity index (χ3v) is 4.62. The molecule has 4 rings (SSSR count). The van der Waals surface area contributed by atoms with E-state index in [0.717, 1.165) is 27.7 Å². The van der Waals surface area contributed by atoms with Crippen LogP contribution in [0.5, 0.6) is 5.75 Å². The molecule has 0 atom stereocenters. The van der Waals surface area contributed by atoms with Gasteiger partial charge in [0.15, 0.2) is 0 Å². The summed E-state index contributed by atoms with van der Waals surface area (Å²) in [6.07, 6.45) is 1.93. The van der Waals surface area contributed by atoms with Crippen molar-refractivity contribution in [1.29, 1.82) is 0 Å². The van der Waals surface area contributed by atoms with Crippen LogP contribution in [0.3, 0.4) is 0 Å². The highest BCUT2D eigenvalue weighted by Crippen LogP contribution is 2.29. The van der Waals surface area contributed by atoms with E-state index >= 15 is 0 Å². The van der Waals surface area contributed by atoms with E-state index in [1.165, 1.54) is 5.56 Å². The Balaban J connectivity index is 1.72. The lowest BCUT2D eigenvalue weighted by molar-refractivity contribution is 0.0531. The number of pyridine rings is 1. The fourth-order valence-corrected chi connectivity index (χ4v) is 3.27. The van der Waals surface area contributed by atoms with E-state index in [1.807, 2.05) is 53.9 Å². The van der Waals surface area contributed by atoms with Gasteiger partial charge in [0.1, 0.15) is 12.4 Å². The van der Waals surface area contributed by atoms with Crippen molar-refractivity contribution in [1.82, 2.24) is 4.40 Å². The first-order chi connectivity index (χ1) is 13.2. The highest BCUT2D eigenvalue weighted by atomic mass is 16.5. The van der Waals surface area contributed by atoms with Gasteiger partial charge in [-0.1, -0.05) is 48.0 Å². The fourth-order valence-electron chi connectivity index (χ4n) is 3.27. The number of fused-ring (bicyclic) bond motifs is 3. The third-order valence-electron chi connectivity index (χ3n) is 4.62. The average Bonchev–Trinajstić information content (AvgIpc) is 3.02. The summed E-state index contributed by atoms with van der Waals surface area (Å²) >= 11 is 0. The average molecular weight is 359 g/mol. The van der Waals surface area contributed by atoms with Crippen molar-refractivity contribution >= 4 is 22.4 Å². The van der Waals surface area contributed by atoms with E-state index in [0.29, 0.717) is 18.8 Å². The maximum absolute atomic E-state index is 12.5. The molecule has 136 valence electrons. The number of nitrogens with zero attached hydrogens (tertiary/aromatic N) is 1. The van der Waals surface area contributed by atoms with E-state index < -0.39 is 0 Å². The van der Waals surface area contributed by atoms with Gasteiger partial charge in [-0.05, 0) is 37.6 Å². The van der Waals surface area contributed by atoms with Crippen LogP contribution in [0.2, 0.25) is 0 Å². The minimum Gasteiger partial charge on any atom is -0.487 e. The van der Waals surface area contributed by atoms with Gasteiger partial charge in [-0.3, -0.25) is 0 Å². The molecule has 4 aromatic rings. The summed E-state index contributed by atoms with van der Waals surface area (Å²) in [5, 5.41) is 0.881. The Kier molecular flexibility index (Phi) is 4.55. The molecule has 0 fully saturated rings. The number of aromatic nitrogens is 1. The van der Waals surface area contributed by atoms with Crippen LogP contribution in [0.15, 0.2) is 66.9 Å². The summed E-state index contributed by atoms with van der Waals surface area (Å²) in [7, 11) is 0. The molecule has 0 N–H and O–H groups in total. The SMILES string of the molecule is CCOC(=O)c1c2ccccc2n2cc(OCc3ccc(C)cc3)ccc12. The molecule has 4 nitrogen and oxygen atoms in total. The van der Waals surface area contributed by atoms with Crippen LogP contribution in [-0.4, -0.2) is 17.0 Å². The van der Waals surface area contributed by atoms with Crippen LogP contribution in [0.4, 0.5) is 0 Å². The van der Waals surface area contributed by atoms with Crippen molar-refractivity contribution in [2.75, 3.05) is 6.61 Å². The molecular formula is C23H21NO3. The first kappa shape index (κ1) is 17.2. The number of rotatable bonds is 5. The van der Waals surface area contributed by atoms with E-state index in [9.17, 15) is 4.79 Å². The van der Waals surface area contributed by atoms with Gasteiger partial charge in [0, 0.05) is 5.39 Å². The van der Waals surface area contributed by atoms with Crippen LogP contribution >= 0.6 is 0 Å². The lowest BCUT2D eigenvalue weighted by atomic mass is 10.1. The Morgan fingerprint density at radius 1 is 0.963 bits per heavy atom. The highest BCUT2D eigenvalue weighted by Gasteiger charge is 2.19. The number of aryl methyl sites for hydroxylation is 1. The molecule has 2 aromatic carbocycles. The van der Waals surface area contributed by atoms with E-state index in [4.69, 9.17) is 9.47 Å². The molecule has 0 spiro atoms. The van der Waals surface area contributed by atoms with Crippen LogP contribution in [0.1, 0.15) is 28.4 Å². The molecule has 0 aliphatic heterocycles. The Labute approximate surface area is 158 Å². The van der Waals surface area contributed by atoms with Gasteiger partial charge in [0.2, 0.25) is 0 Å². The van der Waals surface area contributed by atoms with Crippen molar-refractivity contribution in [2.45, 2.75) is 20.5 Å². The molecule has 0 aliphatic rings. The second kappa shape index (κ2) is 7.16. The minimum absolute atomic E-state index is 0.301. The summed E-state index contributed by atoms with van der Waals surface area (Å²) in [4.78, 5) is 12.5. The number of ether oxygens (including phenoxy) is 2. The zero-order valence-electron chi connectivity index (χ0n) is 15.4. The summed E-state index contributed by atoms with van der Waals surface area (Å²) in [6.45, 7) is 4.73. The second-order valence-corrected chi connectivity index (χ2v) is 6.51. The Bertz CT molecular complexity index is 1110. The molecule has 0 amide bonds. The number of carbonyl (C=O) groups is 1. The van der Waals surface area contributed by atoms with Gasteiger partial charge < -0.3 is 13.9 Å². The van der Waals surface area contributed by atoms with Crippen molar-refractivity contribution in [3.63, 3.8) is 0 Å². The lowest BCUT2D eigenvalue weighted by Gasteiger charge is -2.08. The molecule has 0 aliphatic carbocycles. The van der Waals surface area contributed by atoms with Crippen LogP contribution in [-0.2, 0) is 11.3 Å². The van der Waals surface area contributed by atoms with Gasteiger partial charge in [-0.25, -0.2) is 4.79 Å². The molecule has 2 aromatic heterocycles. The quantitative estimate of drug-likeness (QED) is 0.462. The van der Waals surface area contributed by atoms with Crippen molar-refractivity contribution in [3.8, 4) is 5.75 Å². The summed E-state index contributed by atoms with van der Waals surface area (Å²) in [5.41, 5.74) is 4.71. The molecule has 0 saturated carbocycles. The van der Waals surface area contributed by atoms with Gasteiger partial charge in [-0.2, -0.15) is 0 Å². The zero-order chi connectivity index (χ0) is 18.8. The number of carbonyl (C=O) groups excluding carboxylic acids is 1. The Morgan fingerprint density at radius 3 is 2.52 bits per heavy atom. The third kappa shape index (κ3) is 3.26. The van der Waals surface area contributed by atoms with E-state index in [2.05, 4.69) is 31.2 Å². The topological polar surface area (TPSA) is 39.9 Å². The van der Waals surface area contributed by atoms with E-state index in [1.54, 1.807) is 0 Å². The van der Waals surface area contributed by atoms with Gasteiger partial charge >= 0.3 is 5.97 Å². The van der Waals surface area contributed by atoms with Crippen molar-refractivity contribution < 1.29 is 14.3 Å². The van der Waals surface area contributed by atoms with Crippen molar-refractivity contribution in [2.24, 2.45) is 0 Å². The molecule has 0 radical (unpaired) electrons. The number of para-hydroxylation sites is 1. The summed E-state index contributed by atoms with van der Waals surface area (Å²) in [5.74, 6) is 0.448. The monoisotopic (exact) mass is 359 g/mol. The molecule has 0 saturated heterocycles. The number of hydrogen-bond acceptors (Lipinski definition) is 3. The molecule has 2 heterocycles. The zero-order valence-corrected chi connectivity index (χ0v) is 15.4. The number of benzene rings is 2. The predicted octanol–water partition coefficient (Wildman–Crippen LogP) is 5.16. The normalized spacial score (nSPS) is 11.0. The Hall–Kier alpha value is -3.27. The van der Waals surface area contributed by atoms with E-state index in [-0.39, 0.29) is 5.97 Å². The van der Waals surface area contributed by atoms with Gasteiger partial charge in [-0.15, -0.1) is 0 Å².